The Balaban J connectivity index is 2.07. The fourth-order valence-electron chi connectivity index (χ4n) is 3.15. The Morgan fingerprint density at radius 2 is 1.54 bits per heavy atom. The Labute approximate surface area is 143 Å². The zero-order chi connectivity index (χ0) is 16.5. The summed E-state index contributed by atoms with van der Waals surface area (Å²) in [5.74, 6) is -0.00907. The predicted molar refractivity (Wildman–Crippen MR) is 97.9 cm³/mol. The molecule has 0 aliphatic rings. The lowest BCUT2D eigenvalue weighted by atomic mass is 9.86. The zero-order valence-electron chi connectivity index (χ0n) is 13.2. The Hall–Kier alpha value is -2.72. The Kier molecular flexibility index (Phi) is 3.75. The molecule has 0 atom stereocenters. The molecule has 4 heteroatoms. The van der Waals surface area contributed by atoms with Crippen LogP contribution in [0.3, 0.4) is 0 Å². The predicted octanol–water partition coefficient (Wildman–Crippen LogP) is 4.24. The van der Waals surface area contributed by atoms with Gasteiger partial charge in [0.15, 0.2) is 4.96 Å². The number of aromatic nitrogens is 2. The van der Waals surface area contributed by atoms with Gasteiger partial charge in [-0.1, -0.05) is 60.7 Å². The summed E-state index contributed by atoms with van der Waals surface area (Å²) in [6, 6.07) is 20.6. The summed E-state index contributed by atoms with van der Waals surface area (Å²) in [5.41, 5.74) is 3.87. The number of hydrogen-bond donors (Lipinski definition) is 0. The molecule has 24 heavy (non-hydrogen) atoms. The molecule has 0 N–H and O–H groups in total. The van der Waals surface area contributed by atoms with E-state index in [9.17, 15) is 4.79 Å². The maximum Gasteiger partial charge on any atom is 0.277 e. The van der Waals surface area contributed by atoms with Crippen LogP contribution in [0, 0.1) is 6.92 Å². The van der Waals surface area contributed by atoms with E-state index in [1.165, 1.54) is 11.3 Å². The molecule has 0 bridgehead atoms. The van der Waals surface area contributed by atoms with Crippen molar-refractivity contribution in [1.82, 2.24) is 9.38 Å². The highest BCUT2D eigenvalue weighted by Crippen LogP contribution is 2.33. The first kappa shape index (κ1) is 14.8. The monoisotopic (exact) mass is 332 g/mol. The van der Waals surface area contributed by atoms with Crippen LogP contribution in [0.15, 0.2) is 77.0 Å². The van der Waals surface area contributed by atoms with Gasteiger partial charge in [0.2, 0.25) is 0 Å². The topological polar surface area (TPSA) is 34.4 Å². The molecule has 0 unspecified atom stereocenters. The van der Waals surface area contributed by atoms with Gasteiger partial charge in [-0.15, -0.1) is 11.3 Å². The van der Waals surface area contributed by atoms with Gasteiger partial charge in [0.05, 0.1) is 5.92 Å². The molecule has 2 heterocycles. The molecule has 0 saturated heterocycles. The van der Waals surface area contributed by atoms with Crippen LogP contribution in [0.5, 0.6) is 0 Å². The summed E-state index contributed by atoms with van der Waals surface area (Å²) in [6.07, 6.45) is 1.99. The first-order valence-corrected chi connectivity index (χ1v) is 8.70. The van der Waals surface area contributed by atoms with E-state index in [4.69, 9.17) is 0 Å². The quantitative estimate of drug-likeness (QED) is 0.562. The molecular weight excluding hydrogens is 316 g/mol. The largest absolute Gasteiger partial charge is 0.295 e. The van der Waals surface area contributed by atoms with Gasteiger partial charge in [-0.25, -0.2) is 0 Å². The Bertz CT molecular complexity index is 996. The second-order valence-electron chi connectivity index (χ2n) is 5.74. The van der Waals surface area contributed by atoms with Crippen molar-refractivity contribution in [3.05, 3.63) is 105 Å². The molecule has 0 spiro atoms. The van der Waals surface area contributed by atoms with Crippen molar-refractivity contribution in [2.75, 3.05) is 0 Å². The first-order chi connectivity index (χ1) is 11.8. The molecule has 4 aromatic rings. The highest BCUT2D eigenvalue weighted by Gasteiger charge is 2.23. The lowest BCUT2D eigenvalue weighted by Gasteiger charge is -2.21. The van der Waals surface area contributed by atoms with Gasteiger partial charge in [-0.3, -0.25) is 9.20 Å². The van der Waals surface area contributed by atoms with Crippen LogP contribution in [0.25, 0.3) is 4.96 Å². The number of rotatable bonds is 3. The van der Waals surface area contributed by atoms with E-state index in [0.29, 0.717) is 5.56 Å². The molecule has 0 radical (unpaired) electrons. The molecule has 0 aliphatic carbocycles. The van der Waals surface area contributed by atoms with Crippen molar-refractivity contribution in [2.24, 2.45) is 0 Å². The summed E-state index contributed by atoms with van der Waals surface area (Å²) < 4.78 is 2.05. The first-order valence-electron chi connectivity index (χ1n) is 7.82. The van der Waals surface area contributed by atoms with E-state index in [1.807, 2.05) is 59.3 Å². The lowest BCUT2D eigenvalue weighted by Crippen LogP contribution is -2.20. The fraction of sp³-hybridized carbons (Fsp3) is 0.100. The summed E-state index contributed by atoms with van der Waals surface area (Å²) in [5, 5.41) is 1.97. The zero-order valence-corrected chi connectivity index (χ0v) is 14.0. The van der Waals surface area contributed by atoms with Crippen LogP contribution in [0.4, 0.5) is 0 Å². The van der Waals surface area contributed by atoms with Gasteiger partial charge < -0.3 is 0 Å². The standard InChI is InChI=1S/C20H16N2OS/c1-14-18(22-12-13-24-20(22)21-19(14)23)17(15-8-4-2-5-9-15)16-10-6-3-7-11-16/h2-13,17H,1H3. The number of nitrogens with zero attached hydrogens (tertiary/aromatic N) is 2. The third kappa shape index (κ3) is 2.45. The maximum absolute atomic E-state index is 12.4. The van der Waals surface area contributed by atoms with E-state index >= 15 is 0 Å². The number of benzene rings is 2. The summed E-state index contributed by atoms with van der Waals surface area (Å²) in [4.78, 5) is 17.3. The minimum absolute atomic E-state index is 0.00907. The van der Waals surface area contributed by atoms with Crippen molar-refractivity contribution in [3.8, 4) is 0 Å². The van der Waals surface area contributed by atoms with Gasteiger partial charge in [0, 0.05) is 22.8 Å². The maximum atomic E-state index is 12.4. The Morgan fingerprint density at radius 1 is 0.958 bits per heavy atom. The van der Waals surface area contributed by atoms with Crippen LogP contribution in [0.2, 0.25) is 0 Å². The van der Waals surface area contributed by atoms with Gasteiger partial charge in [-0.05, 0) is 18.1 Å². The summed E-state index contributed by atoms with van der Waals surface area (Å²) in [7, 11) is 0. The lowest BCUT2D eigenvalue weighted by molar-refractivity contribution is 0.853. The third-order valence-electron chi connectivity index (χ3n) is 4.29. The fourth-order valence-corrected chi connectivity index (χ4v) is 3.86. The third-order valence-corrected chi connectivity index (χ3v) is 5.05. The molecule has 0 fully saturated rings. The van der Waals surface area contributed by atoms with Gasteiger partial charge in [0.25, 0.3) is 5.56 Å². The van der Waals surface area contributed by atoms with E-state index < -0.39 is 0 Å². The minimum Gasteiger partial charge on any atom is -0.295 e. The number of fused-ring (bicyclic) bond motifs is 1. The molecular formula is C20H16N2OS. The molecule has 0 saturated carbocycles. The molecule has 2 aromatic heterocycles. The van der Waals surface area contributed by atoms with Crippen molar-refractivity contribution in [2.45, 2.75) is 12.8 Å². The molecule has 2 aromatic carbocycles. The molecule has 0 aliphatic heterocycles. The molecule has 118 valence electrons. The average molecular weight is 332 g/mol. The van der Waals surface area contributed by atoms with Crippen molar-refractivity contribution in [3.63, 3.8) is 0 Å². The summed E-state index contributed by atoms with van der Waals surface area (Å²) in [6.45, 7) is 1.87. The smallest absolute Gasteiger partial charge is 0.277 e. The van der Waals surface area contributed by atoms with Gasteiger partial charge >= 0.3 is 0 Å². The van der Waals surface area contributed by atoms with Gasteiger partial charge in [-0.2, -0.15) is 4.98 Å². The van der Waals surface area contributed by atoms with Crippen LogP contribution in [0.1, 0.15) is 28.3 Å². The number of thiazole rings is 1. The molecule has 0 amide bonds. The average Bonchev–Trinajstić information content (AvgIpc) is 3.08. The van der Waals surface area contributed by atoms with Crippen LogP contribution >= 0.6 is 11.3 Å². The van der Waals surface area contributed by atoms with Gasteiger partial charge in [0.1, 0.15) is 0 Å². The second-order valence-corrected chi connectivity index (χ2v) is 6.61. The van der Waals surface area contributed by atoms with Crippen molar-refractivity contribution >= 4 is 16.3 Å². The van der Waals surface area contributed by atoms with Crippen LogP contribution in [-0.2, 0) is 0 Å². The van der Waals surface area contributed by atoms with E-state index in [2.05, 4.69) is 29.2 Å². The molecule has 3 nitrogen and oxygen atoms in total. The van der Waals surface area contributed by atoms with Crippen molar-refractivity contribution in [1.29, 1.82) is 0 Å². The number of hydrogen-bond acceptors (Lipinski definition) is 3. The second kappa shape index (κ2) is 6.06. The minimum atomic E-state index is -0.149. The van der Waals surface area contributed by atoms with Crippen LogP contribution < -0.4 is 5.56 Å². The van der Waals surface area contributed by atoms with E-state index in [-0.39, 0.29) is 11.5 Å². The Morgan fingerprint density at radius 3 is 2.12 bits per heavy atom. The van der Waals surface area contributed by atoms with E-state index in [0.717, 1.165) is 21.8 Å². The highest BCUT2D eigenvalue weighted by molar-refractivity contribution is 7.15. The van der Waals surface area contributed by atoms with E-state index in [1.54, 1.807) is 0 Å². The molecule has 4 rings (SSSR count). The highest BCUT2D eigenvalue weighted by atomic mass is 32.1. The summed E-state index contributed by atoms with van der Waals surface area (Å²) >= 11 is 1.48. The SMILES string of the molecule is Cc1c(C(c2ccccc2)c2ccccc2)n2ccsc2nc1=O. The normalized spacial score (nSPS) is 11.2. The van der Waals surface area contributed by atoms with Crippen molar-refractivity contribution < 1.29 is 0 Å². The van der Waals surface area contributed by atoms with Crippen LogP contribution in [-0.4, -0.2) is 9.38 Å².